The van der Waals surface area contributed by atoms with Crippen LogP contribution < -0.4 is 0 Å². The van der Waals surface area contributed by atoms with E-state index in [0.29, 0.717) is 5.92 Å². The van der Waals surface area contributed by atoms with E-state index < -0.39 is 0 Å². The van der Waals surface area contributed by atoms with E-state index >= 15 is 0 Å². The fraction of sp³-hybridized carbons (Fsp3) is 0.632. The van der Waals surface area contributed by atoms with Crippen LogP contribution in [-0.2, 0) is 26.6 Å². The summed E-state index contributed by atoms with van der Waals surface area (Å²) < 4.78 is 1.75. The highest BCUT2D eigenvalue weighted by Gasteiger charge is 2.24. The Kier molecular flexibility index (Phi) is 4.78. The van der Waals surface area contributed by atoms with Gasteiger partial charge >= 0.3 is 0 Å². The van der Waals surface area contributed by atoms with Crippen LogP contribution in [0.2, 0.25) is 5.15 Å². The Labute approximate surface area is 154 Å². The van der Waals surface area contributed by atoms with Gasteiger partial charge in [-0.1, -0.05) is 30.9 Å². The molecule has 0 atom stereocenters. The molecule has 3 heterocycles. The lowest BCUT2D eigenvalue weighted by Gasteiger charge is -2.29. The van der Waals surface area contributed by atoms with Crippen molar-refractivity contribution in [3.8, 4) is 0 Å². The van der Waals surface area contributed by atoms with E-state index in [1.54, 1.807) is 4.68 Å². The predicted molar refractivity (Wildman–Crippen MR) is 98.6 cm³/mol. The molecule has 0 bridgehead atoms. The topological polar surface area (TPSA) is 46.8 Å². The molecule has 0 unspecified atom stereocenters. The third-order valence-corrected chi connectivity index (χ3v) is 6.13. The summed E-state index contributed by atoms with van der Waals surface area (Å²) in [5, 5.41) is 5.16. The molecule has 1 fully saturated rings. The number of halogens is 1. The lowest BCUT2D eigenvalue weighted by Crippen LogP contribution is -2.31. The van der Waals surface area contributed by atoms with Crippen LogP contribution in [0.3, 0.4) is 0 Å². The molecule has 1 saturated carbocycles. The monoisotopic (exact) mass is 359 g/mol. The zero-order valence-corrected chi connectivity index (χ0v) is 15.9. The van der Waals surface area contributed by atoms with E-state index in [2.05, 4.69) is 16.2 Å². The number of aryl methyl sites for hydroxylation is 2. The quantitative estimate of drug-likeness (QED) is 0.836. The first-order chi connectivity index (χ1) is 12.1. The van der Waals surface area contributed by atoms with Crippen molar-refractivity contribution in [2.75, 3.05) is 6.54 Å². The second-order valence-electron chi connectivity index (χ2n) is 7.47. The summed E-state index contributed by atoms with van der Waals surface area (Å²) in [5.74, 6) is 1.66. The first kappa shape index (κ1) is 17.0. The van der Waals surface area contributed by atoms with Gasteiger partial charge in [0.05, 0.1) is 5.69 Å². The van der Waals surface area contributed by atoms with Gasteiger partial charge in [0.25, 0.3) is 0 Å². The van der Waals surface area contributed by atoms with Crippen LogP contribution in [0.15, 0.2) is 6.20 Å². The molecule has 0 saturated heterocycles. The maximum Gasteiger partial charge on any atom is 0.131 e. The van der Waals surface area contributed by atoms with Crippen molar-refractivity contribution in [3.05, 3.63) is 39.7 Å². The van der Waals surface area contributed by atoms with Gasteiger partial charge in [0.1, 0.15) is 11.0 Å². The van der Waals surface area contributed by atoms with Crippen molar-refractivity contribution in [1.29, 1.82) is 0 Å². The molecule has 1 aliphatic heterocycles. The molecular weight excluding hydrogens is 334 g/mol. The van der Waals surface area contributed by atoms with Gasteiger partial charge in [-0.3, -0.25) is 9.58 Å². The van der Waals surface area contributed by atoms with Gasteiger partial charge in [0, 0.05) is 62.0 Å². The number of fused-ring (bicyclic) bond motifs is 1. The van der Waals surface area contributed by atoms with Crippen LogP contribution in [0.4, 0.5) is 0 Å². The number of hydrogen-bond donors (Lipinski definition) is 0. The first-order valence-corrected chi connectivity index (χ1v) is 9.74. The second-order valence-corrected chi connectivity index (χ2v) is 7.83. The summed E-state index contributed by atoms with van der Waals surface area (Å²) in [7, 11) is 1.89. The molecule has 134 valence electrons. The van der Waals surface area contributed by atoms with Crippen LogP contribution in [0.5, 0.6) is 0 Å². The maximum atomic E-state index is 6.39. The zero-order chi connectivity index (χ0) is 17.4. The minimum Gasteiger partial charge on any atom is -0.294 e. The summed E-state index contributed by atoms with van der Waals surface area (Å²) in [6, 6.07) is 0. The summed E-state index contributed by atoms with van der Waals surface area (Å²) >= 11 is 6.39. The highest BCUT2D eigenvalue weighted by atomic mass is 35.5. The van der Waals surface area contributed by atoms with Crippen LogP contribution >= 0.6 is 11.6 Å². The number of rotatable bonds is 3. The van der Waals surface area contributed by atoms with Crippen molar-refractivity contribution in [3.63, 3.8) is 0 Å². The zero-order valence-electron chi connectivity index (χ0n) is 15.1. The van der Waals surface area contributed by atoms with Gasteiger partial charge in [-0.2, -0.15) is 5.10 Å². The highest BCUT2D eigenvalue weighted by molar-refractivity contribution is 6.30. The Morgan fingerprint density at radius 3 is 2.76 bits per heavy atom. The summed E-state index contributed by atoms with van der Waals surface area (Å²) in [6.45, 7) is 4.77. The molecule has 0 amide bonds. The Hall–Kier alpha value is -1.46. The van der Waals surface area contributed by atoms with E-state index in [-0.39, 0.29) is 0 Å². The van der Waals surface area contributed by atoms with Crippen molar-refractivity contribution in [2.45, 2.75) is 64.5 Å². The molecule has 0 aromatic carbocycles. The molecule has 1 aliphatic carbocycles. The molecule has 5 nitrogen and oxygen atoms in total. The fourth-order valence-corrected chi connectivity index (χ4v) is 4.39. The molecule has 2 aromatic heterocycles. The Bertz CT molecular complexity index is 763. The van der Waals surface area contributed by atoms with E-state index in [1.807, 2.05) is 14.0 Å². The number of hydrogen-bond acceptors (Lipinski definition) is 4. The largest absolute Gasteiger partial charge is 0.294 e. The minimum atomic E-state index is 0.578. The first-order valence-electron chi connectivity index (χ1n) is 9.37. The average Bonchev–Trinajstić information content (AvgIpc) is 2.88. The maximum absolute atomic E-state index is 6.39. The fourth-order valence-electron chi connectivity index (χ4n) is 4.16. The van der Waals surface area contributed by atoms with Crippen molar-refractivity contribution in [2.24, 2.45) is 7.05 Å². The molecule has 0 N–H and O–H groups in total. The molecule has 2 aliphatic rings. The predicted octanol–water partition coefficient (Wildman–Crippen LogP) is 3.78. The van der Waals surface area contributed by atoms with E-state index in [1.165, 1.54) is 43.4 Å². The van der Waals surface area contributed by atoms with E-state index in [0.717, 1.165) is 48.3 Å². The van der Waals surface area contributed by atoms with E-state index in [9.17, 15) is 0 Å². The molecule has 25 heavy (non-hydrogen) atoms. The Morgan fingerprint density at radius 1 is 1.24 bits per heavy atom. The van der Waals surface area contributed by atoms with Gasteiger partial charge in [-0.15, -0.1) is 0 Å². The minimum absolute atomic E-state index is 0.578. The lowest BCUT2D eigenvalue weighted by atomic mass is 9.88. The standard InChI is InChI=1S/C19H26ClN5/c1-13-16(18(20)24(2)23-13)12-25-9-8-17-15(11-25)10-21-19(22-17)14-6-4-3-5-7-14/h10,14H,3-9,11-12H2,1-2H3. The van der Waals surface area contributed by atoms with Crippen LogP contribution in [0, 0.1) is 6.92 Å². The SMILES string of the molecule is Cc1nn(C)c(Cl)c1CN1CCc2nc(C3CCCCC3)ncc2C1. The molecular formula is C19H26ClN5. The van der Waals surface area contributed by atoms with Crippen LogP contribution in [0.25, 0.3) is 0 Å². The van der Waals surface area contributed by atoms with Crippen LogP contribution in [0.1, 0.15) is 66.4 Å². The Morgan fingerprint density at radius 2 is 2.04 bits per heavy atom. The third-order valence-electron chi connectivity index (χ3n) is 5.65. The molecule has 0 spiro atoms. The van der Waals surface area contributed by atoms with Gasteiger partial charge in [-0.25, -0.2) is 9.97 Å². The summed E-state index contributed by atoms with van der Waals surface area (Å²) in [4.78, 5) is 12.1. The second kappa shape index (κ2) is 7.04. The van der Waals surface area contributed by atoms with Crippen LogP contribution in [-0.4, -0.2) is 31.2 Å². The number of nitrogens with zero attached hydrogens (tertiary/aromatic N) is 5. The van der Waals surface area contributed by atoms with Gasteiger partial charge < -0.3 is 0 Å². The molecule has 2 aromatic rings. The van der Waals surface area contributed by atoms with Crippen molar-refractivity contribution >= 4 is 11.6 Å². The normalized spacial score (nSPS) is 19.2. The smallest absolute Gasteiger partial charge is 0.131 e. The van der Waals surface area contributed by atoms with Gasteiger partial charge in [-0.05, 0) is 19.8 Å². The molecule has 4 rings (SSSR count). The highest BCUT2D eigenvalue weighted by Crippen LogP contribution is 2.31. The third kappa shape index (κ3) is 3.44. The Balaban J connectivity index is 1.48. The van der Waals surface area contributed by atoms with Gasteiger partial charge in [0.2, 0.25) is 0 Å². The number of aromatic nitrogens is 4. The summed E-state index contributed by atoms with van der Waals surface area (Å²) in [5.41, 5.74) is 4.67. The van der Waals surface area contributed by atoms with Crippen molar-refractivity contribution < 1.29 is 0 Å². The molecule has 6 heteroatoms. The summed E-state index contributed by atoms with van der Waals surface area (Å²) in [6.07, 6.45) is 9.58. The van der Waals surface area contributed by atoms with Gasteiger partial charge in [0.15, 0.2) is 0 Å². The van der Waals surface area contributed by atoms with E-state index in [4.69, 9.17) is 21.6 Å². The lowest BCUT2D eigenvalue weighted by molar-refractivity contribution is 0.241. The van der Waals surface area contributed by atoms with Crippen molar-refractivity contribution in [1.82, 2.24) is 24.6 Å². The average molecular weight is 360 g/mol. The molecule has 0 radical (unpaired) electrons.